The maximum atomic E-state index is 13.5. The predicted molar refractivity (Wildman–Crippen MR) is 130 cm³/mol. The Morgan fingerprint density at radius 3 is 2.45 bits per heavy atom. The molecule has 0 radical (unpaired) electrons. The quantitative estimate of drug-likeness (QED) is 0.470. The Kier molecular flexibility index (Phi) is 6.99. The van der Waals surface area contributed by atoms with Gasteiger partial charge in [-0.05, 0) is 98.6 Å². The van der Waals surface area contributed by atoms with E-state index in [-0.39, 0.29) is 11.3 Å². The Morgan fingerprint density at radius 2 is 1.82 bits per heavy atom. The molecule has 1 aromatic heterocycles. The van der Waals surface area contributed by atoms with Gasteiger partial charge in [0.05, 0.1) is 6.61 Å². The molecule has 5 aliphatic carbocycles. The van der Waals surface area contributed by atoms with E-state index in [9.17, 15) is 4.79 Å². The minimum absolute atomic E-state index is 0.00355. The number of rotatable bonds is 10. The minimum Gasteiger partial charge on any atom is -0.474 e. The molecule has 0 aromatic carbocycles. The fraction of sp³-hybridized carbons (Fsp3) is 0.846. The van der Waals surface area contributed by atoms with Gasteiger partial charge in [0.2, 0.25) is 5.76 Å². The van der Waals surface area contributed by atoms with Gasteiger partial charge in [-0.1, -0.05) is 26.7 Å². The number of nitrogens with two attached hydrogens (primary N) is 1. The first kappa shape index (κ1) is 23.5. The Labute approximate surface area is 202 Å². The maximum absolute atomic E-state index is 13.5. The summed E-state index contributed by atoms with van der Waals surface area (Å²) in [4.78, 5) is 14.3. The third-order valence-corrected chi connectivity index (χ3v) is 10.00. The van der Waals surface area contributed by atoms with Gasteiger partial charge in [-0.25, -0.2) is 0 Å². The van der Waals surface area contributed by atoms with Crippen LogP contribution in [-0.4, -0.2) is 35.5 Å². The first-order chi connectivity index (χ1) is 15.9. The fourth-order valence-corrected chi connectivity index (χ4v) is 8.41. The van der Waals surface area contributed by atoms with Crippen LogP contribution in [0.4, 0.5) is 0 Å². The van der Waals surface area contributed by atoms with Gasteiger partial charge in [0.15, 0.2) is 0 Å². The summed E-state index contributed by atoms with van der Waals surface area (Å²) in [6, 6.07) is 0.291. The molecule has 1 amide bonds. The zero-order valence-corrected chi connectivity index (χ0v) is 21.1. The van der Waals surface area contributed by atoms with Crippen LogP contribution in [-0.2, 0) is 0 Å². The average molecular weight is 476 g/mol. The summed E-state index contributed by atoms with van der Waals surface area (Å²) in [6.07, 6.45) is 13.4. The summed E-state index contributed by atoms with van der Waals surface area (Å²) >= 11 is 1.74. The normalized spacial score (nSPS) is 31.3. The van der Waals surface area contributed by atoms with Gasteiger partial charge in [0.25, 0.3) is 11.8 Å². The van der Waals surface area contributed by atoms with Gasteiger partial charge in [0, 0.05) is 11.3 Å². The molecule has 0 spiro atoms. The molecule has 0 unspecified atom stereocenters. The van der Waals surface area contributed by atoms with Crippen LogP contribution >= 0.6 is 11.8 Å². The second-order valence-electron chi connectivity index (χ2n) is 11.9. The molecule has 5 saturated carbocycles. The van der Waals surface area contributed by atoms with E-state index in [0.717, 1.165) is 29.6 Å². The molecule has 7 heteroatoms. The van der Waals surface area contributed by atoms with E-state index in [1.54, 1.807) is 11.8 Å². The molecule has 3 N–H and O–H groups in total. The van der Waals surface area contributed by atoms with Crippen molar-refractivity contribution in [3.05, 3.63) is 5.76 Å². The highest BCUT2D eigenvalue weighted by atomic mass is 32.2. The zero-order chi connectivity index (χ0) is 23.0. The van der Waals surface area contributed by atoms with E-state index >= 15 is 0 Å². The van der Waals surface area contributed by atoms with Gasteiger partial charge in [0.1, 0.15) is 4.90 Å². The molecular weight excluding hydrogens is 434 g/mol. The van der Waals surface area contributed by atoms with Crippen LogP contribution in [0.25, 0.3) is 0 Å². The van der Waals surface area contributed by atoms with Crippen molar-refractivity contribution in [1.29, 1.82) is 0 Å². The first-order valence-corrected chi connectivity index (χ1v) is 14.1. The molecule has 5 aliphatic rings. The summed E-state index contributed by atoms with van der Waals surface area (Å²) in [7, 11) is 0. The number of hydrogen-bond donors (Lipinski definition) is 2. The number of hydrogen-bond acceptors (Lipinski definition) is 6. The van der Waals surface area contributed by atoms with E-state index in [4.69, 9.17) is 15.0 Å². The lowest BCUT2D eigenvalue weighted by atomic mass is 9.54. The topological polar surface area (TPSA) is 90.4 Å². The van der Waals surface area contributed by atoms with E-state index in [1.165, 1.54) is 57.8 Å². The van der Waals surface area contributed by atoms with Crippen molar-refractivity contribution in [2.45, 2.75) is 101 Å². The van der Waals surface area contributed by atoms with Crippen LogP contribution in [0.5, 0.6) is 5.88 Å². The van der Waals surface area contributed by atoms with Gasteiger partial charge >= 0.3 is 0 Å². The third kappa shape index (κ3) is 5.24. The van der Waals surface area contributed by atoms with Gasteiger partial charge in [-0.15, -0.1) is 11.8 Å². The van der Waals surface area contributed by atoms with Crippen molar-refractivity contribution >= 4 is 17.7 Å². The smallest absolute Gasteiger partial charge is 0.291 e. The van der Waals surface area contributed by atoms with Crippen LogP contribution in [0.1, 0.15) is 95.0 Å². The van der Waals surface area contributed by atoms with Gasteiger partial charge < -0.3 is 20.3 Å². The Morgan fingerprint density at radius 1 is 1.15 bits per heavy atom. The molecular formula is C26H41N3O3S. The molecule has 33 heavy (non-hydrogen) atoms. The summed E-state index contributed by atoms with van der Waals surface area (Å²) in [5, 5.41) is 8.15. The summed E-state index contributed by atoms with van der Waals surface area (Å²) in [5.41, 5.74) is 5.70. The number of thioether (sulfide) groups is 1. The standard InChI is InChI=1S/C26H41N3O3S/c1-26(2,8-5-9-27)15-31-25-23(33-20-6-3-4-7-20)22(32-29-25)24(30)28-21-18-11-16-10-17(13-18)14-19(21)12-16/h16-21H,3-15,27H2,1-2H3,(H,28,30). The summed E-state index contributed by atoms with van der Waals surface area (Å²) < 4.78 is 11.9. The Balaban J connectivity index is 1.30. The second-order valence-corrected chi connectivity index (χ2v) is 13.3. The second kappa shape index (κ2) is 9.80. The Bertz CT molecular complexity index is 805. The Hall–Kier alpha value is -1.21. The number of carbonyl (C=O) groups excluding carboxylic acids is 1. The maximum Gasteiger partial charge on any atom is 0.291 e. The van der Waals surface area contributed by atoms with Crippen molar-refractivity contribution in [1.82, 2.24) is 10.5 Å². The highest BCUT2D eigenvalue weighted by molar-refractivity contribution is 8.00. The van der Waals surface area contributed by atoms with Crippen LogP contribution in [0.15, 0.2) is 9.42 Å². The number of nitrogens with zero attached hydrogens (tertiary/aromatic N) is 1. The lowest BCUT2D eigenvalue weighted by molar-refractivity contribution is -0.0124. The first-order valence-electron chi connectivity index (χ1n) is 13.2. The van der Waals surface area contributed by atoms with E-state index in [1.807, 2.05) is 0 Å². The highest BCUT2D eigenvalue weighted by Gasteiger charge is 2.49. The van der Waals surface area contributed by atoms with Crippen LogP contribution in [0.2, 0.25) is 0 Å². The van der Waals surface area contributed by atoms with E-state index < -0.39 is 0 Å². The van der Waals surface area contributed by atoms with Crippen molar-refractivity contribution in [2.24, 2.45) is 34.8 Å². The van der Waals surface area contributed by atoms with Crippen molar-refractivity contribution in [2.75, 3.05) is 13.2 Å². The van der Waals surface area contributed by atoms with Crippen LogP contribution in [0, 0.1) is 29.1 Å². The molecule has 1 aromatic rings. The van der Waals surface area contributed by atoms with E-state index in [2.05, 4.69) is 24.3 Å². The SMILES string of the molecule is CC(C)(CCCN)COc1noc(C(=O)NC2C3CC4CC(C3)CC2C4)c1SC1CCCC1. The molecule has 184 valence electrons. The predicted octanol–water partition coefficient (Wildman–Crippen LogP) is 5.41. The number of aromatic nitrogens is 1. The fourth-order valence-electron chi connectivity index (χ4n) is 7.07. The average Bonchev–Trinajstić information content (AvgIpc) is 3.43. The lowest BCUT2D eigenvalue weighted by Crippen LogP contribution is -2.55. The molecule has 0 saturated heterocycles. The van der Waals surface area contributed by atoms with Gasteiger partial charge in [-0.2, -0.15) is 0 Å². The lowest BCUT2D eigenvalue weighted by Gasteiger charge is -2.54. The van der Waals surface area contributed by atoms with E-state index in [0.29, 0.717) is 47.9 Å². The van der Waals surface area contributed by atoms with Gasteiger partial charge in [-0.3, -0.25) is 4.79 Å². The molecule has 4 bridgehead atoms. The molecule has 6 rings (SSSR count). The molecule has 6 nitrogen and oxygen atoms in total. The highest BCUT2D eigenvalue weighted by Crippen LogP contribution is 2.54. The summed E-state index contributed by atoms with van der Waals surface area (Å²) in [5.74, 6) is 3.80. The van der Waals surface area contributed by atoms with Crippen LogP contribution < -0.4 is 15.8 Å². The third-order valence-electron chi connectivity index (χ3n) is 8.60. The van der Waals surface area contributed by atoms with Crippen molar-refractivity contribution in [3.8, 4) is 5.88 Å². The van der Waals surface area contributed by atoms with Crippen molar-refractivity contribution in [3.63, 3.8) is 0 Å². The number of ether oxygens (including phenoxy) is 1. The van der Waals surface area contributed by atoms with Crippen LogP contribution in [0.3, 0.4) is 0 Å². The zero-order valence-electron chi connectivity index (χ0n) is 20.3. The van der Waals surface area contributed by atoms with Crippen molar-refractivity contribution < 1.29 is 14.1 Å². The number of carbonyl (C=O) groups is 1. The monoisotopic (exact) mass is 475 g/mol. The molecule has 1 heterocycles. The molecule has 0 aliphatic heterocycles. The number of nitrogens with one attached hydrogen (secondary N) is 1. The number of amides is 1. The largest absolute Gasteiger partial charge is 0.474 e. The molecule has 0 atom stereocenters. The summed E-state index contributed by atoms with van der Waals surface area (Å²) in [6.45, 7) is 5.60. The minimum atomic E-state index is -0.0993. The molecule has 5 fully saturated rings.